The van der Waals surface area contributed by atoms with E-state index in [1.165, 1.54) is 23.3 Å². The molecule has 11 heteroatoms. The molecular weight excluding hydrogens is 454 g/mol. The van der Waals surface area contributed by atoms with Crippen molar-refractivity contribution in [1.29, 1.82) is 0 Å². The molecule has 3 aromatic rings. The number of aryl methyl sites for hydroxylation is 1. The minimum Gasteiger partial charge on any atom is -0.475 e. The van der Waals surface area contributed by atoms with Crippen molar-refractivity contribution in [2.24, 2.45) is 5.92 Å². The third kappa shape index (κ3) is 4.87. The summed E-state index contributed by atoms with van der Waals surface area (Å²) in [6, 6.07) is 4.53. The van der Waals surface area contributed by atoms with Crippen LogP contribution in [0.25, 0.3) is 5.69 Å². The van der Waals surface area contributed by atoms with E-state index < -0.39 is 29.5 Å². The molecule has 1 amide bonds. The molecule has 0 bridgehead atoms. The van der Waals surface area contributed by atoms with E-state index in [1.54, 1.807) is 17.9 Å². The molecule has 0 N–H and O–H groups in total. The molecular formula is C23H23F4N5O2. The number of halogens is 4. The third-order valence-electron chi connectivity index (χ3n) is 5.90. The molecule has 2 aromatic heterocycles. The number of hydrogen-bond acceptors (Lipinski definition) is 5. The van der Waals surface area contributed by atoms with E-state index in [-0.39, 0.29) is 29.7 Å². The first-order chi connectivity index (χ1) is 16.1. The van der Waals surface area contributed by atoms with E-state index in [0.717, 1.165) is 25.0 Å². The Bertz CT molecular complexity index is 1150. The fraction of sp³-hybridized carbons (Fsp3) is 0.391. The number of benzene rings is 1. The first kappa shape index (κ1) is 23.7. The molecule has 1 saturated heterocycles. The molecule has 1 fully saturated rings. The Morgan fingerprint density at radius 3 is 2.59 bits per heavy atom. The summed E-state index contributed by atoms with van der Waals surface area (Å²) in [5.41, 5.74) is -0.178. The molecule has 0 spiro atoms. The average Bonchev–Trinajstić information content (AvgIpc) is 3.32. The summed E-state index contributed by atoms with van der Waals surface area (Å²) >= 11 is 0. The molecule has 3 heterocycles. The number of piperidine rings is 1. The lowest BCUT2D eigenvalue weighted by atomic mass is 9.90. The monoisotopic (exact) mass is 477 g/mol. The molecule has 2 atom stereocenters. The zero-order valence-corrected chi connectivity index (χ0v) is 18.6. The zero-order chi connectivity index (χ0) is 24.5. The molecule has 1 aliphatic rings. The largest absolute Gasteiger partial charge is 0.475 e. The van der Waals surface area contributed by atoms with Gasteiger partial charge in [0.25, 0.3) is 5.91 Å². The molecule has 4 rings (SSSR count). The van der Waals surface area contributed by atoms with Crippen LogP contribution in [0.1, 0.15) is 41.3 Å². The van der Waals surface area contributed by atoms with E-state index in [0.29, 0.717) is 18.3 Å². The van der Waals surface area contributed by atoms with Crippen LogP contribution in [0.5, 0.6) is 5.88 Å². The van der Waals surface area contributed by atoms with Crippen LogP contribution in [0, 0.1) is 18.7 Å². The van der Waals surface area contributed by atoms with Gasteiger partial charge in [0, 0.05) is 18.8 Å². The highest BCUT2D eigenvalue weighted by Gasteiger charge is 2.36. The molecule has 34 heavy (non-hydrogen) atoms. The van der Waals surface area contributed by atoms with Crippen LogP contribution in [0.3, 0.4) is 0 Å². The smallest absolute Gasteiger partial charge is 0.417 e. The maximum atomic E-state index is 15.1. The Morgan fingerprint density at radius 2 is 1.94 bits per heavy atom. The van der Waals surface area contributed by atoms with Crippen LogP contribution < -0.4 is 4.74 Å². The van der Waals surface area contributed by atoms with Crippen LogP contribution in [0.15, 0.2) is 42.9 Å². The molecule has 0 aliphatic carbocycles. The van der Waals surface area contributed by atoms with Gasteiger partial charge in [-0.1, -0.05) is 6.92 Å². The Labute approximate surface area is 193 Å². The number of amides is 1. The number of carbonyl (C=O) groups excluding carboxylic acids is 1. The van der Waals surface area contributed by atoms with Crippen LogP contribution in [0.2, 0.25) is 0 Å². The van der Waals surface area contributed by atoms with Gasteiger partial charge in [0.1, 0.15) is 23.7 Å². The molecule has 180 valence electrons. The van der Waals surface area contributed by atoms with Gasteiger partial charge in [0.05, 0.1) is 24.0 Å². The number of likely N-dealkylation sites (tertiary alicyclic amines) is 1. The van der Waals surface area contributed by atoms with Crippen molar-refractivity contribution < 1.29 is 27.1 Å². The number of ether oxygens (including phenoxy) is 1. The Hall–Kier alpha value is -3.50. The van der Waals surface area contributed by atoms with Gasteiger partial charge in [0.2, 0.25) is 5.88 Å². The van der Waals surface area contributed by atoms with Gasteiger partial charge >= 0.3 is 6.18 Å². The third-order valence-corrected chi connectivity index (χ3v) is 5.90. The van der Waals surface area contributed by atoms with E-state index in [4.69, 9.17) is 4.74 Å². The van der Waals surface area contributed by atoms with Gasteiger partial charge in [-0.2, -0.15) is 28.2 Å². The minimum absolute atomic E-state index is 0.00804. The summed E-state index contributed by atoms with van der Waals surface area (Å²) in [6.07, 6.45) is 0.628. The van der Waals surface area contributed by atoms with Crippen molar-refractivity contribution in [3.8, 4) is 11.6 Å². The van der Waals surface area contributed by atoms with E-state index >= 15 is 4.39 Å². The Morgan fingerprint density at radius 1 is 1.21 bits per heavy atom. The van der Waals surface area contributed by atoms with E-state index in [9.17, 15) is 18.0 Å². The topological polar surface area (TPSA) is 73.1 Å². The van der Waals surface area contributed by atoms with Crippen LogP contribution in [0.4, 0.5) is 17.6 Å². The summed E-state index contributed by atoms with van der Waals surface area (Å²) in [5, 5.41) is 8.09. The van der Waals surface area contributed by atoms with Gasteiger partial charge in [-0.15, -0.1) is 0 Å². The van der Waals surface area contributed by atoms with Crippen molar-refractivity contribution in [1.82, 2.24) is 24.9 Å². The van der Waals surface area contributed by atoms with Crippen molar-refractivity contribution in [2.45, 2.75) is 38.9 Å². The first-order valence-electron chi connectivity index (χ1n) is 10.8. The maximum Gasteiger partial charge on any atom is 0.417 e. The average molecular weight is 477 g/mol. The van der Waals surface area contributed by atoms with E-state index in [1.807, 2.05) is 6.92 Å². The lowest BCUT2D eigenvalue weighted by Crippen LogP contribution is -2.51. The van der Waals surface area contributed by atoms with Crippen molar-refractivity contribution in [3.05, 3.63) is 65.4 Å². The normalized spacial score (nSPS) is 18.7. The summed E-state index contributed by atoms with van der Waals surface area (Å²) in [6.45, 7) is 4.06. The first-order valence-corrected chi connectivity index (χ1v) is 10.8. The number of rotatable bonds is 5. The summed E-state index contributed by atoms with van der Waals surface area (Å²) in [4.78, 5) is 20.1. The lowest BCUT2D eigenvalue weighted by molar-refractivity contribution is -0.137. The zero-order valence-electron chi connectivity index (χ0n) is 18.6. The molecule has 0 unspecified atom stereocenters. The summed E-state index contributed by atoms with van der Waals surface area (Å²) in [7, 11) is 0. The summed E-state index contributed by atoms with van der Waals surface area (Å²) in [5.74, 6) is -1.17. The highest BCUT2D eigenvalue weighted by atomic mass is 19.4. The van der Waals surface area contributed by atoms with Crippen molar-refractivity contribution >= 4 is 5.91 Å². The lowest BCUT2D eigenvalue weighted by Gasteiger charge is -2.40. The van der Waals surface area contributed by atoms with Crippen molar-refractivity contribution in [2.75, 3.05) is 13.2 Å². The van der Waals surface area contributed by atoms with Gasteiger partial charge in [0.15, 0.2) is 0 Å². The van der Waals surface area contributed by atoms with E-state index in [2.05, 4.69) is 15.2 Å². The van der Waals surface area contributed by atoms with Gasteiger partial charge < -0.3 is 9.64 Å². The predicted octanol–water partition coefficient (Wildman–Crippen LogP) is 4.45. The molecule has 1 aromatic carbocycles. The van der Waals surface area contributed by atoms with Crippen LogP contribution in [-0.2, 0) is 6.18 Å². The Kier molecular flexibility index (Phi) is 6.54. The second kappa shape index (κ2) is 9.40. The standard InChI is InChI=1S/C23H23F4N5O2/c1-14-10-17(24)21(18(11-14)32-29-7-8-30-32)22(33)31-9-3-4-15(2)19(31)13-34-20-6-5-16(12-28-20)23(25,26)27/h5-8,10-12,15,19H,3-4,9,13H2,1-2H3/t15-,19-/m1/s1. The molecule has 0 saturated carbocycles. The molecule has 1 aliphatic heterocycles. The number of carbonyl (C=O) groups is 1. The second-order valence-electron chi connectivity index (χ2n) is 8.34. The molecule has 7 nitrogen and oxygen atoms in total. The minimum atomic E-state index is -4.49. The quantitative estimate of drug-likeness (QED) is 0.508. The highest BCUT2D eigenvalue weighted by Crippen LogP contribution is 2.31. The summed E-state index contributed by atoms with van der Waals surface area (Å²) < 4.78 is 59.0. The van der Waals surface area contributed by atoms with Crippen molar-refractivity contribution in [3.63, 3.8) is 0 Å². The highest BCUT2D eigenvalue weighted by molar-refractivity contribution is 5.98. The fourth-order valence-corrected chi connectivity index (χ4v) is 4.14. The van der Waals surface area contributed by atoms with Gasteiger partial charge in [-0.25, -0.2) is 9.37 Å². The van der Waals surface area contributed by atoms with Gasteiger partial charge in [-0.3, -0.25) is 4.79 Å². The Balaban J connectivity index is 1.59. The number of hydrogen-bond donors (Lipinski definition) is 0. The van der Waals surface area contributed by atoms with Crippen LogP contribution in [-0.4, -0.2) is 50.0 Å². The maximum absolute atomic E-state index is 15.1. The SMILES string of the molecule is Cc1cc(F)c(C(=O)N2CCC[C@@H](C)[C@H]2COc2ccc(C(F)(F)F)cn2)c(-n2nccn2)c1. The number of pyridine rings is 1. The second-order valence-corrected chi connectivity index (χ2v) is 8.34. The predicted molar refractivity (Wildman–Crippen MR) is 114 cm³/mol. The molecule has 0 radical (unpaired) electrons. The van der Waals surface area contributed by atoms with Gasteiger partial charge in [-0.05, 0) is 49.4 Å². The number of alkyl halides is 3. The fourth-order valence-electron chi connectivity index (χ4n) is 4.14. The van der Waals surface area contributed by atoms with Crippen LogP contribution >= 0.6 is 0 Å². The number of aromatic nitrogens is 4. The number of nitrogens with zero attached hydrogens (tertiary/aromatic N) is 5.